The van der Waals surface area contributed by atoms with Crippen LogP contribution in [0.5, 0.6) is 5.75 Å². The Hall–Kier alpha value is -2.00. The van der Waals surface area contributed by atoms with Crippen LogP contribution in [0.1, 0.15) is 31.7 Å². The summed E-state index contributed by atoms with van der Waals surface area (Å²) in [7, 11) is 0. The van der Waals surface area contributed by atoms with E-state index in [1.165, 1.54) is 5.56 Å². The summed E-state index contributed by atoms with van der Waals surface area (Å²) < 4.78 is 5.75. The van der Waals surface area contributed by atoms with Crippen molar-refractivity contribution in [1.82, 2.24) is 5.32 Å². The smallest absolute Gasteiger partial charge is 0.261 e. The lowest BCUT2D eigenvalue weighted by molar-refractivity contribution is -0.128. The first-order valence-electron chi connectivity index (χ1n) is 7.85. The first-order chi connectivity index (χ1) is 11.1. The summed E-state index contributed by atoms with van der Waals surface area (Å²) in [5.74, 6) is 0.811. The van der Waals surface area contributed by atoms with Gasteiger partial charge >= 0.3 is 0 Å². The maximum atomic E-state index is 12.3. The molecule has 0 bridgehead atoms. The summed E-state index contributed by atoms with van der Waals surface area (Å²) in [5.41, 5.74) is 1.21. The van der Waals surface area contributed by atoms with Gasteiger partial charge in [0.15, 0.2) is 6.10 Å². The Labute approximate surface area is 142 Å². The zero-order valence-corrected chi connectivity index (χ0v) is 14.2. The second-order valence-corrected chi connectivity index (χ2v) is 5.96. The largest absolute Gasteiger partial charge is 0.481 e. The Balaban J connectivity index is 1.88. The van der Waals surface area contributed by atoms with E-state index in [0.717, 1.165) is 0 Å². The number of halogens is 1. The van der Waals surface area contributed by atoms with Crippen LogP contribution in [-0.4, -0.2) is 18.6 Å². The number of amides is 1. The number of carbonyl (C=O) groups is 1. The van der Waals surface area contributed by atoms with Crippen LogP contribution in [0.25, 0.3) is 0 Å². The van der Waals surface area contributed by atoms with Gasteiger partial charge < -0.3 is 10.1 Å². The van der Waals surface area contributed by atoms with Gasteiger partial charge in [-0.2, -0.15) is 0 Å². The van der Waals surface area contributed by atoms with Gasteiger partial charge in [-0.25, -0.2) is 0 Å². The molecule has 1 amide bonds. The molecule has 0 fully saturated rings. The SMILES string of the molecule is CC[C@@H](Oc1ccc(Cl)cc1)C(=O)NC[C@H](C)c1ccccc1. The Morgan fingerprint density at radius 3 is 2.39 bits per heavy atom. The molecule has 0 aliphatic carbocycles. The number of carbonyl (C=O) groups excluding carboxylic acids is 1. The molecule has 0 heterocycles. The number of ether oxygens (including phenoxy) is 1. The molecule has 2 atom stereocenters. The van der Waals surface area contributed by atoms with E-state index < -0.39 is 6.10 Å². The monoisotopic (exact) mass is 331 g/mol. The normalized spacial score (nSPS) is 13.2. The second kappa shape index (κ2) is 8.59. The van der Waals surface area contributed by atoms with Gasteiger partial charge in [0.2, 0.25) is 0 Å². The fourth-order valence-corrected chi connectivity index (χ4v) is 2.39. The van der Waals surface area contributed by atoms with Crippen LogP contribution in [0.15, 0.2) is 54.6 Å². The molecular weight excluding hydrogens is 310 g/mol. The average Bonchev–Trinajstić information content (AvgIpc) is 2.59. The molecule has 0 saturated carbocycles. The molecule has 2 rings (SSSR count). The highest BCUT2D eigenvalue weighted by molar-refractivity contribution is 6.30. The predicted octanol–water partition coefficient (Wildman–Crippen LogP) is 4.42. The quantitative estimate of drug-likeness (QED) is 0.815. The standard InChI is InChI=1S/C19H22ClNO2/c1-3-18(23-17-11-9-16(20)10-12-17)19(22)21-13-14(2)15-7-5-4-6-8-15/h4-12,14,18H,3,13H2,1-2H3,(H,21,22)/t14-,18+/m0/s1. The third kappa shape index (κ3) is 5.29. The van der Waals surface area contributed by atoms with Crippen LogP contribution in [0, 0.1) is 0 Å². The molecule has 3 nitrogen and oxygen atoms in total. The van der Waals surface area contributed by atoms with E-state index in [4.69, 9.17) is 16.3 Å². The van der Waals surface area contributed by atoms with Gasteiger partial charge in [-0.05, 0) is 42.2 Å². The van der Waals surface area contributed by atoms with E-state index in [9.17, 15) is 4.79 Å². The van der Waals surface area contributed by atoms with Crippen molar-refractivity contribution in [1.29, 1.82) is 0 Å². The number of nitrogens with one attached hydrogen (secondary N) is 1. The first-order valence-corrected chi connectivity index (χ1v) is 8.22. The molecular formula is C19H22ClNO2. The molecule has 2 aromatic carbocycles. The zero-order valence-electron chi connectivity index (χ0n) is 13.5. The maximum absolute atomic E-state index is 12.3. The summed E-state index contributed by atoms with van der Waals surface area (Å²) >= 11 is 5.85. The lowest BCUT2D eigenvalue weighted by Crippen LogP contribution is -2.39. The minimum atomic E-state index is -0.501. The number of rotatable bonds is 7. The minimum absolute atomic E-state index is 0.0924. The third-order valence-electron chi connectivity index (χ3n) is 3.71. The van der Waals surface area contributed by atoms with Crippen LogP contribution in [0.4, 0.5) is 0 Å². The van der Waals surface area contributed by atoms with Gasteiger partial charge in [0.1, 0.15) is 5.75 Å². The molecule has 0 aliphatic heterocycles. The van der Waals surface area contributed by atoms with Gasteiger partial charge in [0.25, 0.3) is 5.91 Å². The van der Waals surface area contributed by atoms with E-state index in [2.05, 4.69) is 24.4 Å². The van der Waals surface area contributed by atoms with Gasteiger partial charge in [-0.15, -0.1) is 0 Å². The molecule has 0 saturated heterocycles. The topological polar surface area (TPSA) is 38.3 Å². The highest BCUT2D eigenvalue weighted by atomic mass is 35.5. The van der Waals surface area contributed by atoms with E-state index in [1.54, 1.807) is 24.3 Å². The first kappa shape index (κ1) is 17.4. The highest BCUT2D eigenvalue weighted by Crippen LogP contribution is 2.18. The molecule has 0 spiro atoms. The van der Waals surface area contributed by atoms with Crippen molar-refractivity contribution < 1.29 is 9.53 Å². The van der Waals surface area contributed by atoms with Crippen LogP contribution in [-0.2, 0) is 4.79 Å². The molecule has 0 radical (unpaired) electrons. The van der Waals surface area contributed by atoms with E-state index >= 15 is 0 Å². The fraction of sp³-hybridized carbons (Fsp3) is 0.316. The predicted molar refractivity (Wildman–Crippen MR) is 94.0 cm³/mol. The van der Waals surface area contributed by atoms with Crippen LogP contribution < -0.4 is 10.1 Å². The Morgan fingerprint density at radius 2 is 1.78 bits per heavy atom. The Morgan fingerprint density at radius 1 is 1.13 bits per heavy atom. The van der Waals surface area contributed by atoms with Crippen molar-refractivity contribution in [3.05, 3.63) is 65.2 Å². The zero-order chi connectivity index (χ0) is 16.7. The molecule has 4 heteroatoms. The average molecular weight is 332 g/mol. The molecule has 23 heavy (non-hydrogen) atoms. The second-order valence-electron chi connectivity index (χ2n) is 5.53. The molecule has 0 unspecified atom stereocenters. The molecule has 0 aromatic heterocycles. The lowest BCUT2D eigenvalue weighted by Gasteiger charge is -2.19. The molecule has 122 valence electrons. The summed E-state index contributed by atoms with van der Waals surface area (Å²) in [6.07, 6.45) is 0.105. The van der Waals surface area contributed by atoms with Gasteiger partial charge in [-0.3, -0.25) is 4.79 Å². The summed E-state index contributed by atoms with van der Waals surface area (Å²) in [4.78, 5) is 12.3. The van der Waals surface area contributed by atoms with Crippen molar-refractivity contribution in [2.45, 2.75) is 32.3 Å². The lowest BCUT2D eigenvalue weighted by atomic mass is 10.0. The summed E-state index contributed by atoms with van der Waals surface area (Å²) in [6, 6.07) is 17.2. The van der Waals surface area contributed by atoms with Crippen molar-refractivity contribution in [3.63, 3.8) is 0 Å². The number of hydrogen-bond donors (Lipinski definition) is 1. The van der Waals surface area contributed by atoms with E-state index in [1.807, 2.05) is 25.1 Å². The van der Waals surface area contributed by atoms with Crippen LogP contribution in [0.3, 0.4) is 0 Å². The highest BCUT2D eigenvalue weighted by Gasteiger charge is 2.19. The van der Waals surface area contributed by atoms with Crippen molar-refractivity contribution in [3.8, 4) is 5.75 Å². The fourth-order valence-electron chi connectivity index (χ4n) is 2.27. The van der Waals surface area contributed by atoms with E-state index in [-0.39, 0.29) is 11.8 Å². The van der Waals surface area contributed by atoms with Crippen LogP contribution >= 0.6 is 11.6 Å². The Bertz CT molecular complexity index is 613. The van der Waals surface area contributed by atoms with E-state index in [0.29, 0.717) is 23.7 Å². The summed E-state index contributed by atoms with van der Waals surface area (Å²) in [6.45, 7) is 4.61. The maximum Gasteiger partial charge on any atom is 0.261 e. The minimum Gasteiger partial charge on any atom is -0.481 e. The van der Waals surface area contributed by atoms with Crippen molar-refractivity contribution in [2.24, 2.45) is 0 Å². The molecule has 1 N–H and O–H groups in total. The third-order valence-corrected chi connectivity index (χ3v) is 3.96. The Kier molecular flexibility index (Phi) is 6.48. The summed E-state index contributed by atoms with van der Waals surface area (Å²) in [5, 5.41) is 3.62. The van der Waals surface area contributed by atoms with Crippen LogP contribution in [0.2, 0.25) is 5.02 Å². The van der Waals surface area contributed by atoms with Gasteiger partial charge in [0.05, 0.1) is 0 Å². The van der Waals surface area contributed by atoms with Gasteiger partial charge in [-0.1, -0.05) is 55.8 Å². The van der Waals surface area contributed by atoms with Crippen molar-refractivity contribution in [2.75, 3.05) is 6.54 Å². The van der Waals surface area contributed by atoms with Gasteiger partial charge in [0, 0.05) is 11.6 Å². The molecule has 0 aliphatic rings. The number of benzene rings is 2. The van der Waals surface area contributed by atoms with Crippen molar-refractivity contribution >= 4 is 17.5 Å². The molecule has 2 aromatic rings. The number of hydrogen-bond acceptors (Lipinski definition) is 2.